The van der Waals surface area contributed by atoms with Gasteiger partial charge in [0.05, 0.1) is 10.9 Å². The number of hydrogen-bond acceptors (Lipinski definition) is 5. The van der Waals surface area contributed by atoms with Crippen LogP contribution in [-0.4, -0.2) is 65.7 Å². The number of amides is 2. The SMILES string of the molecule is Cc1cc(-c2ccc(C3CCN(C(C)C)CC3)cc2)sc1C(=O)N1CC[C@H](NC(=O)OC(C)(C)C)C1. The Hall–Kier alpha value is -2.38. The predicted octanol–water partition coefficient (Wildman–Crippen LogP) is 6.05. The van der Waals surface area contributed by atoms with Crippen molar-refractivity contribution in [1.82, 2.24) is 15.1 Å². The molecule has 0 bridgehead atoms. The van der Waals surface area contributed by atoms with E-state index in [2.05, 4.69) is 54.4 Å². The summed E-state index contributed by atoms with van der Waals surface area (Å²) >= 11 is 1.57. The zero-order valence-electron chi connectivity index (χ0n) is 22.6. The number of benzene rings is 1. The van der Waals surface area contributed by atoms with Crippen LogP contribution < -0.4 is 5.32 Å². The van der Waals surface area contributed by atoms with Crippen molar-refractivity contribution >= 4 is 23.3 Å². The number of carbonyl (C=O) groups is 2. The van der Waals surface area contributed by atoms with E-state index in [1.165, 1.54) is 31.5 Å². The molecular weight excluding hydrogens is 470 g/mol. The van der Waals surface area contributed by atoms with Crippen molar-refractivity contribution in [3.8, 4) is 10.4 Å². The van der Waals surface area contributed by atoms with Gasteiger partial charge < -0.3 is 19.9 Å². The minimum absolute atomic E-state index is 0.0470. The lowest BCUT2D eigenvalue weighted by molar-refractivity contribution is 0.0502. The second-order valence-electron chi connectivity index (χ2n) is 11.5. The number of alkyl carbamates (subject to hydrolysis) is 1. The van der Waals surface area contributed by atoms with Crippen molar-refractivity contribution in [1.29, 1.82) is 0 Å². The van der Waals surface area contributed by atoms with E-state index < -0.39 is 11.7 Å². The quantitative estimate of drug-likeness (QED) is 0.531. The van der Waals surface area contributed by atoms with E-state index in [9.17, 15) is 9.59 Å². The molecule has 1 aromatic carbocycles. The van der Waals surface area contributed by atoms with Gasteiger partial charge in [-0.2, -0.15) is 0 Å². The summed E-state index contributed by atoms with van der Waals surface area (Å²) in [6, 6.07) is 11.6. The summed E-state index contributed by atoms with van der Waals surface area (Å²) in [5, 5.41) is 2.90. The van der Waals surface area contributed by atoms with Crippen LogP contribution in [0.2, 0.25) is 0 Å². The summed E-state index contributed by atoms with van der Waals surface area (Å²) < 4.78 is 5.36. The van der Waals surface area contributed by atoms with E-state index >= 15 is 0 Å². The first-order valence-electron chi connectivity index (χ1n) is 13.2. The lowest BCUT2D eigenvalue weighted by atomic mass is 9.88. The summed E-state index contributed by atoms with van der Waals surface area (Å²) in [5.41, 5.74) is 3.06. The Morgan fingerprint density at radius 1 is 1.06 bits per heavy atom. The van der Waals surface area contributed by atoms with Crippen molar-refractivity contribution in [2.75, 3.05) is 26.2 Å². The van der Waals surface area contributed by atoms with Crippen LogP contribution in [0, 0.1) is 6.92 Å². The summed E-state index contributed by atoms with van der Waals surface area (Å²) in [4.78, 5) is 31.7. The van der Waals surface area contributed by atoms with Gasteiger partial charge in [0.2, 0.25) is 0 Å². The second kappa shape index (κ2) is 10.9. The van der Waals surface area contributed by atoms with Gasteiger partial charge in [0.25, 0.3) is 5.91 Å². The Balaban J connectivity index is 1.36. The fourth-order valence-electron chi connectivity index (χ4n) is 5.19. The van der Waals surface area contributed by atoms with Gasteiger partial charge in [-0.1, -0.05) is 24.3 Å². The third-order valence-corrected chi connectivity index (χ3v) is 8.51. The van der Waals surface area contributed by atoms with E-state index in [1.807, 2.05) is 32.6 Å². The molecule has 4 rings (SSSR count). The lowest BCUT2D eigenvalue weighted by Crippen LogP contribution is -2.41. The molecule has 1 aromatic heterocycles. The third-order valence-electron chi connectivity index (χ3n) is 7.23. The average molecular weight is 512 g/mol. The van der Waals surface area contributed by atoms with Gasteiger partial charge in [-0.15, -0.1) is 11.3 Å². The molecule has 1 N–H and O–H groups in total. The number of ether oxygens (including phenoxy) is 1. The van der Waals surface area contributed by atoms with Crippen LogP contribution in [-0.2, 0) is 4.74 Å². The molecule has 2 amide bonds. The van der Waals surface area contributed by atoms with Gasteiger partial charge in [-0.05, 0) is 103 Å². The van der Waals surface area contributed by atoms with E-state index in [0.717, 1.165) is 27.3 Å². The van der Waals surface area contributed by atoms with Gasteiger partial charge in [0.1, 0.15) is 5.60 Å². The van der Waals surface area contributed by atoms with Crippen molar-refractivity contribution in [2.45, 2.75) is 84.4 Å². The fraction of sp³-hybridized carbons (Fsp3) is 0.586. The maximum absolute atomic E-state index is 13.3. The van der Waals surface area contributed by atoms with Gasteiger partial charge in [-0.25, -0.2) is 4.79 Å². The maximum Gasteiger partial charge on any atom is 0.407 e. The summed E-state index contributed by atoms with van der Waals surface area (Å²) in [6.45, 7) is 15.6. The number of nitrogens with zero attached hydrogens (tertiary/aromatic N) is 2. The topological polar surface area (TPSA) is 61.9 Å². The fourth-order valence-corrected chi connectivity index (χ4v) is 6.33. The minimum Gasteiger partial charge on any atom is -0.444 e. The van der Waals surface area contributed by atoms with Gasteiger partial charge >= 0.3 is 6.09 Å². The molecule has 2 aliphatic rings. The molecule has 0 radical (unpaired) electrons. The Labute approximate surface area is 220 Å². The molecule has 0 aliphatic carbocycles. The molecule has 3 heterocycles. The number of piperidine rings is 1. The molecule has 7 heteroatoms. The number of thiophene rings is 1. The van der Waals surface area contributed by atoms with Crippen LogP contribution in [0.25, 0.3) is 10.4 Å². The lowest BCUT2D eigenvalue weighted by Gasteiger charge is -2.34. The Bertz CT molecular complexity index is 1060. The van der Waals surface area contributed by atoms with Crippen molar-refractivity contribution in [3.63, 3.8) is 0 Å². The Morgan fingerprint density at radius 2 is 1.72 bits per heavy atom. The number of likely N-dealkylation sites (tertiary alicyclic amines) is 2. The molecule has 6 nitrogen and oxygen atoms in total. The van der Waals surface area contributed by atoms with Crippen molar-refractivity contribution in [2.24, 2.45) is 0 Å². The highest BCUT2D eigenvalue weighted by Crippen LogP contribution is 2.35. The number of rotatable bonds is 5. The first-order valence-corrected chi connectivity index (χ1v) is 14.1. The molecule has 0 saturated carbocycles. The van der Waals surface area contributed by atoms with Crippen molar-refractivity contribution in [3.05, 3.63) is 46.3 Å². The van der Waals surface area contributed by atoms with Crippen LogP contribution in [0.4, 0.5) is 4.79 Å². The second-order valence-corrected chi connectivity index (χ2v) is 12.6. The molecule has 2 aromatic rings. The zero-order chi connectivity index (χ0) is 26.0. The van der Waals surface area contributed by atoms with Crippen LogP contribution in [0.5, 0.6) is 0 Å². The van der Waals surface area contributed by atoms with Gasteiger partial charge in [0, 0.05) is 24.0 Å². The number of nitrogens with one attached hydrogen (secondary N) is 1. The van der Waals surface area contributed by atoms with Gasteiger partial charge in [-0.3, -0.25) is 4.79 Å². The molecule has 196 valence electrons. The van der Waals surface area contributed by atoms with Crippen molar-refractivity contribution < 1.29 is 14.3 Å². The molecule has 1 atom stereocenters. The average Bonchev–Trinajstić information content (AvgIpc) is 3.44. The smallest absolute Gasteiger partial charge is 0.407 e. The monoisotopic (exact) mass is 511 g/mol. The largest absolute Gasteiger partial charge is 0.444 e. The summed E-state index contributed by atoms with van der Waals surface area (Å²) in [6.07, 6.45) is 2.74. The number of carbonyl (C=O) groups excluding carboxylic acids is 2. The molecule has 2 fully saturated rings. The third kappa shape index (κ3) is 6.48. The summed E-state index contributed by atoms with van der Waals surface area (Å²) in [5.74, 6) is 0.680. The molecule has 0 unspecified atom stereocenters. The normalized spacial score (nSPS) is 19.6. The highest BCUT2D eigenvalue weighted by Gasteiger charge is 2.31. The Kier molecular flexibility index (Phi) is 8.10. The van der Waals surface area contributed by atoms with E-state index in [0.29, 0.717) is 25.0 Å². The van der Waals surface area contributed by atoms with Crippen LogP contribution in [0.1, 0.15) is 80.6 Å². The van der Waals surface area contributed by atoms with E-state index in [1.54, 1.807) is 11.3 Å². The highest BCUT2D eigenvalue weighted by molar-refractivity contribution is 7.17. The molecule has 0 spiro atoms. The summed E-state index contributed by atoms with van der Waals surface area (Å²) in [7, 11) is 0. The predicted molar refractivity (Wildman–Crippen MR) is 147 cm³/mol. The standard InChI is InChI=1S/C29H41N3O3S/c1-19(2)31-14-11-22(12-15-31)21-7-9-23(10-8-21)25-17-20(3)26(36-25)27(33)32-16-13-24(18-32)30-28(34)35-29(4,5)6/h7-10,17,19,22,24H,11-16,18H2,1-6H3,(H,30,34)/t24-/m0/s1. The zero-order valence-corrected chi connectivity index (χ0v) is 23.4. The maximum atomic E-state index is 13.3. The van der Waals surface area contributed by atoms with Crippen LogP contribution >= 0.6 is 11.3 Å². The molecular formula is C29H41N3O3S. The highest BCUT2D eigenvalue weighted by atomic mass is 32.1. The first-order chi connectivity index (χ1) is 17.0. The minimum atomic E-state index is -0.535. The Morgan fingerprint density at radius 3 is 2.33 bits per heavy atom. The molecule has 36 heavy (non-hydrogen) atoms. The van der Waals surface area contributed by atoms with E-state index in [-0.39, 0.29) is 11.9 Å². The number of aryl methyl sites for hydroxylation is 1. The number of hydrogen-bond donors (Lipinski definition) is 1. The van der Waals surface area contributed by atoms with Crippen LogP contribution in [0.3, 0.4) is 0 Å². The van der Waals surface area contributed by atoms with E-state index in [4.69, 9.17) is 4.74 Å². The van der Waals surface area contributed by atoms with Crippen LogP contribution in [0.15, 0.2) is 30.3 Å². The van der Waals surface area contributed by atoms with Gasteiger partial charge in [0.15, 0.2) is 0 Å². The first kappa shape index (κ1) is 26.7. The molecule has 2 aliphatic heterocycles. The molecule has 2 saturated heterocycles.